The van der Waals surface area contributed by atoms with Crippen LogP contribution in [0.15, 0.2) is 77.6 Å². The molecule has 1 saturated carbocycles. The summed E-state index contributed by atoms with van der Waals surface area (Å²) in [6, 6.07) is 23.3. The van der Waals surface area contributed by atoms with E-state index in [0.29, 0.717) is 16.1 Å². The molecule has 0 bridgehead atoms. The lowest BCUT2D eigenvalue weighted by molar-refractivity contribution is 0.102. The fraction of sp³-hybridized carbons (Fsp3) is 0.222. The summed E-state index contributed by atoms with van der Waals surface area (Å²) in [5.41, 5.74) is 2.92. The Morgan fingerprint density at radius 3 is 2.50 bits per heavy atom. The van der Waals surface area contributed by atoms with E-state index >= 15 is 0 Å². The van der Waals surface area contributed by atoms with Gasteiger partial charge in [-0.3, -0.25) is 19.6 Å². The Morgan fingerprint density at radius 2 is 1.71 bits per heavy atom. The standard InChI is InChI=1S/C27H24N4O2S/c32-25(29-27-28-22-13-7-8-14-24(22)34-27)18-15-16-23-21(17-18)26(33)31(20-11-5-2-6-12-20)30(23)19-9-3-1-4-10-19/h2,5-8,11-17,19H,1,3-4,9-10H2,(H,28,29,32). The van der Waals surface area contributed by atoms with Crippen molar-refractivity contribution in [2.45, 2.75) is 38.1 Å². The molecule has 6 rings (SSSR count). The van der Waals surface area contributed by atoms with Crippen molar-refractivity contribution in [1.82, 2.24) is 14.3 Å². The molecular formula is C27H24N4O2S. The van der Waals surface area contributed by atoms with Crippen molar-refractivity contribution >= 4 is 43.5 Å². The molecule has 2 heterocycles. The molecule has 1 aliphatic rings. The number of anilines is 1. The first-order chi connectivity index (χ1) is 16.7. The maximum atomic E-state index is 13.6. The maximum absolute atomic E-state index is 13.6. The molecule has 1 N–H and O–H groups in total. The Morgan fingerprint density at radius 1 is 0.941 bits per heavy atom. The van der Waals surface area contributed by atoms with Gasteiger partial charge in [0.25, 0.3) is 11.5 Å². The highest BCUT2D eigenvalue weighted by molar-refractivity contribution is 7.22. The number of nitrogens with one attached hydrogen (secondary N) is 1. The number of carbonyl (C=O) groups excluding carboxylic acids is 1. The van der Waals surface area contributed by atoms with Gasteiger partial charge in [0, 0.05) is 5.56 Å². The van der Waals surface area contributed by atoms with Crippen molar-refractivity contribution < 1.29 is 4.79 Å². The van der Waals surface area contributed by atoms with Crippen LogP contribution in [-0.4, -0.2) is 20.3 Å². The quantitative estimate of drug-likeness (QED) is 0.343. The number of amides is 1. The van der Waals surface area contributed by atoms with Crippen LogP contribution >= 0.6 is 11.3 Å². The number of thiazole rings is 1. The first kappa shape index (κ1) is 20.9. The average molecular weight is 469 g/mol. The van der Waals surface area contributed by atoms with Gasteiger partial charge in [-0.1, -0.05) is 60.9 Å². The van der Waals surface area contributed by atoms with Gasteiger partial charge < -0.3 is 0 Å². The highest BCUT2D eigenvalue weighted by Crippen LogP contribution is 2.32. The second-order valence-electron chi connectivity index (χ2n) is 8.76. The van der Waals surface area contributed by atoms with E-state index in [1.807, 2.05) is 60.7 Å². The molecule has 34 heavy (non-hydrogen) atoms. The monoisotopic (exact) mass is 468 g/mol. The summed E-state index contributed by atoms with van der Waals surface area (Å²) in [6.45, 7) is 0. The minimum absolute atomic E-state index is 0.0959. The maximum Gasteiger partial charge on any atom is 0.279 e. The van der Waals surface area contributed by atoms with Crippen molar-refractivity contribution in [2.75, 3.05) is 5.32 Å². The number of hydrogen-bond acceptors (Lipinski definition) is 4. The molecule has 6 nitrogen and oxygen atoms in total. The third-order valence-corrected chi connectivity index (χ3v) is 7.53. The van der Waals surface area contributed by atoms with Crippen LogP contribution in [0.25, 0.3) is 26.8 Å². The van der Waals surface area contributed by atoms with E-state index in [-0.39, 0.29) is 17.5 Å². The first-order valence-electron chi connectivity index (χ1n) is 11.7. The second kappa shape index (κ2) is 8.57. The summed E-state index contributed by atoms with van der Waals surface area (Å²) >= 11 is 1.44. The summed E-state index contributed by atoms with van der Waals surface area (Å²) in [5.74, 6) is -0.267. The van der Waals surface area contributed by atoms with Gasteiger partial charge in [-0.05, 0) is 55.3 Å². The molecule has 1 aliphatic carbocycles. The third kappa shape index (κ3) is 3.62. The van der Waals surface area contributed by atoms with Crippen LogP contribution in [-0.2, 0) is 0 Å². The van der Waals surface area contributed by atoms with E-state index in [1.54, 1.807) is 16.8 Å². The number of para-hydroxylation sites is 2. The molecular weight excluding hydrogens is 444 g/mol. The molecule has 5 aromatic rings. The molecule has 0 radical (unpaired) electrons. The lowest BCUT2D eigenvalue weighted by Gasteiger charge is -2.26. The molecule has 0 unspecified atom stereocenters. The number of rotatable bonds is 4. The smallest absolute Gasteiger partial charge is 0.279 e. The first-order valence-corrected chi connectivity index (χ1v) is 12.5. The minimum Gasteiger partial charge on any atom is -0.298 e. The second-order valence-corrected chi connectivity index (χ2v) is 9.79. The van der Waals surface area contributed by atoms with E-state index in [0.717, 1.165) is 47.1 Å². The summed E-state index contributed by atoms with van der Waals surface area (Å²) in [6.07, 6.45) is 5.67. The van der Waals surface area contributed by atoms with Crippen molar-refractivity contribution in [1.29, 1.82) is 0 Å². The zero-order chi connectivity index (χ0) is 23.1. The SMILES string of the molecule is O=C(Nc1nc2ccccc2s1)c1ccc2c(c1)c(=O)n(-c1ccccc1)n2C1CCCCC1. The van der Waals surface area contributed by atoms with E-state index in [9.17, 15) is 9.59 Å². The van der Waals surface area contributed by atoms with Crippen molar-refractivity contribution in [2.24, 2.45) is 0 Å². The molecule has 0 aliphatic heterocycles. The van der Waals surface area contributed by atoms with Gasteiger partial charge in [0.1, 0.15) is 0 Å². The topological polar surface area (TPSA) is 68.9 Å². The molecule has 0 spiro atoms. The van der Waals surface area contributed by atoms with Crippen LogP contribution in [0.1, 0.15) is 48.5 Å². The van der Waals surface area contributed by atoms with Gasteiger partial charge in [-0.25, -0.2) is 9.67 Å². The summed E-state index contributed by atoms with van der Waals surface area (Å²) in [4.78, 5) is 31.2. The van der Waals surface area contributed by atoms with E-state index in [4.69, 9.17) is 0 Å². The normalized spacial score (nSPS) is 14.6. The van der Waals surface area contributed by atoms with Crippen LogP contribution in [0.4, 0.5) is 5.13 Å². The number of fused-ring (bicyclic) bond motifs is 2. The molecule has 170 valence electrons. The number of hydrogen-bond donors (Lipinski definition) is 1. The minimum atomic E-state index is -0.267. The Bertz CT molecular complexity index is 1530. The largest absolute Gasteiger partial charge is 0.298 e. The average Bonchev–Trinajstić information content (AvgIpc) is 3.42. The van der Waals surface area contributed by atoms with Crippen molar-refractivity contribution in [3.63, 3.8) is 0 Å². The van der Waals surface area contributed by atoms with Gasteiger partial charge in [-0.15, -0.1) is 0 Å². The van der Waals surface area contributed by atoms with E-state index in [1.165, 1.54) is 17.8 Å². The Kier molecular flexibility index (Phi) is 5.26. The van der Waals surface area contributed by atoms with Gasteiger partial charge in [0.2, 0.25) is 0 Å². The highest BCUT2D eigenvalue weighted by atomic mass is 32.1. The van der Waals surface area contributed by atoms with Crippen LogP contribution in [0.5, 0.6) is 0 Å². The lowest BCUT2D eigenvalue weighted by Crippen LogP contribution is -2.25. The highest BCUT2D eigenvalue weighted by Gasteiger charge is 2.24. The lowest BCUT2D eigenvalue weighted by atomic mass is 9.95. The van der Waals surface area contributed by atoms with E-state index < -0.39 is 0 Å². The zero-order valence-electron chi connectivity index (χ0n) is 18.6. The molecule has 1 amide bonds. The van der Waals surface area contributed by atoms with Crippen molar-refractivity contribution in [3.8, 4) is 5.69 Å². The molecule has 1 fully saturated rings. The van der Waals surface area contributed by atoms with Crippen molar-refractivity contribution in [3.05, 3.63) is 88.7 Å². The van der Waals surface area contributed by atoms with Crippen LogP contribution < -0.4 is 10.9 Å². The number of aromatic nitrogens is 3. The Labute approximate surface area is 200 Å². The third-order valence-electron chi connectivity index (χ3n) is 6.58. The predicted octanol–water partition coefficient (Wildman–Crippen LogP) is 6.16. The molecule has 0 atom stereocenters. The molecule has 3 aromatic carbocycles. The summed E-state index contributed by atoms with van der Waals surface area (Å²) in [7, 11) is 0. The van der Waals surface area contributed by atoms with Gasteiger partial charge in [-0.2, -0.15) is 0 Å². The fourth-order valence-corrected chi connectivity index (χ4v) is 5.82. The molecule has 7 heteroatoms. The Balaban J connectivity index is 1.43. The zero-order valence-corrected chi connectivity index (χ0v) is 19.4. The summed E-state index contributed by atoms with van der Waals surface area (Å²) < 4.78 is 4.96. The van der Waals surface area contributed by atoms with Gasteiger partial charge in [0.05, 0.1) is 32.8 Å². The van der Waals surface area contributed by atoms with Gasteiger partial charge >= 0.3 is 0 Å². The number of benzene rings is 3. The number of nitrogens with zero attached hydrogens (tertiary/aromatic N) is 3. The van der Waals surface area contributed by atoms with E-state index in [2.05, 4.69) is 15.0 Å². The molecule has 2 aromatic heterocycles. The van der Waals surface area contributed by atoms with Crippen LogP contribution in [0.3, 0.4) is 0 Å². The Hall–Kier alpha value is -3.71. The van der Waals surface area contributed by atoms with Gasteiger partial charge in [0.15, 0.2) is 5.13 Å². The fourth-order valence-electron chi connectivity index (χ4n) is 4.96. The number of carbonyl (C=O) groups is 1. The summed E-state index contributed by atoms with van der Waals surface area (Å²) in [5, 5.41) is 4.01. The van der Waals surface area contributed by atoms with Crippen LogP contribution in [0, 0.1) is 0 Å². The molecule has 0 saturated heterocycles. The predicted molar refractivity (Wildman–Crippen MR) is 137 cm³/mol. The van der Waals surface area contributed by atoms with Crippen LogP contribution in [0.2, 0.25) is 0 Å².